The van der Waals surface area contributed by atoms with Crippen molar-refractivity contribution in [3.63, 3.8) is 0 Å². The lowest BCUT2D eigenvalue weighted by atomic mass is 9.99. The quantitative estimate of drug-likeness (QED) is 0.338. The molecular formula is C30H40N4O3S. The number of aliphatic hydroxyl groups excluding tert-OH is 1. The number of aromatic nitrogens is 1. The van der Waals surface area contributed by atoms with E-state index in [1.807, 2.05) is 54.4 Å². The molecule has 8 heteroatoms. The first kappa shape index (κ1) is 27.1. The highest BCUT2D eigenvalue weighted by Crippen LogP contribution is 2.39. The Morgan fingerprint density at radius 1 is 1.16 bits per heavy atom. The van der Waals surface area contributed by atoms with E-state index < -0.39 is 12.1 Å². The molecule has 0 radical (unpaired) electrons. The maximum atomic E-state index is 13.8. The second-order valence-corrected chi connectivity index (χ2v) is 11.3. The van der Waals surface area contributed by atoms with Gasteiger partial charge in [-0.2, -0.15) is 0 Å². The third-order valence-corrected chi connectivity index (χ3v) is 8.89. The van der Waals surface area contributed by atoms with E-state index in [-0.39, 0.29) is 5.91 Å². The standard InChI is InChI=1S/C30H40N4O3S/c1-3-33-20-22-12-15-38-34(4-2)27-18-23(17-26(33)29(22)27)30(36)32-25(16-21-8-6-5-7-9-21)28(35)19-31-24-10-13-37-14-11-24/h5-9,17-18,20,24-25,28,31,35H,3-4,10-16,19H2,1-2H3,(H,32,36)/t25-,28+/m0/s1. The SMILES string of the molecule is CCN1SCCc2cn(CC)c3cc(C(=O)N[C@@H](Cc4ccccc4)[C@H](O)CNC4CCOCC4)cc1c23. The van der Waals surface area contributed by atoms with Crippen LogP contribution in [0.2, 0.25) is 0 Å². The molecule has 204 valence electrons. The molecule has 7 nitrogen and oxygen atoms in total. The largest absolute Gasteiger partial charge is 0.390 e. The zero-order valence-electron chi connectivity index (χ0n) is 22.5. The summed E-state index contributed by atoms with van der Waals surface area (Å²) in [6.07, 6.45) is 4.99. The number of hydrogen-bond acceptors (Lipinski definition) is 6. The third kappa shape index (κ3) is 6.04. The molecule has 2 atom stereocenters. The van der Waals surface area contributed by atoms with Crippen LogP contribution in [0.3, 0.4) is 0 Å². The minimum absolute atomic E-state index is 0.148. The minimum atomic E-state index is -0.721. The average Bonchev–Trinajstić information content (AvgIpc) is 3.21. The Labute approximate surface area is 230 Å². The zero-order valence-corrected chi connectivity index (χ0v) is 23.3. The molecule has 3 heterocycles. The van der Waals surface area contributed by atoms with E-state index in [4.69, 9.17) is 4.74 Å². The lowest BCUT2D eigenvalue weighted by Gasteiger charge is -2.29. The molecule has 0 spiro atoms. The van der Waals surface area contributed by atoms with Gasteiger partial charge in [-0.15, -0.1) is 0 Å². The second kappa shape index (κ2) is 12.6. The van der Waals surface area contributed by atoms with Gasteiger partial charge in [-0.3, -0.25) is 4.79 Å². The van der Waals surface area contributed by atoms with Crippen molar-refractivity contribution in [2.75, 3.05) is 36.4 Å². The maximum Gasteiger partial charge on any atom is 0.251 e. The monoisotopic (exact) mass is 536 g/mol. The van der Waals surface area contributed by atoms with Crippen molar-refractivity contribution < 1.29 is 14.6 Å². The highest BCUT2D eigenvalue weighted by atomic mass is 32.2. The van der Waals surface area contributed by atoms with Crippen LogP contribution in [0.4, 0.5) is 5.69 Å². The topological polar surface area (TPSA) is 78.8 Å². The minimum Gasteiger partial charge on any atom is -0.390 e. The van der Waals surface area contributed by atoms with Gasteiger partial charge in [0.1, 0.15) is 0 Å². The summed E-state index contributed by atoms with van der Waals surface area (Å²) in [6, 6.07) is 14.0. The van der Waals surface area contributed by atoms with Gasteiger partial charge in [-0.05, 0) is 74.7 Å². The van der Waals surface area contributed by atoms with Gasteiger partial charge in [0.05, 0.1) is 23.3 Å². The summed E-state index contributed by atoms with van der Waals surface area (Å²) in [5.74, 6) is 0.878. The predicted octanol–water partition coefficient (Wildman–Crippen LogP) is 4.16. The van der Waals surface area contributed by atoms with Crippen molar-refractivity contribution in [1.82, 2.24) is 15.2 Å². The molecule has 0 unspecified atom stereocenters. The van der Waals surface area contributed by atoms with Gasteiger partial charge < -0.3 is 29.3 Å². The van der Waals surface area contributed by atoms with Gasteiger partial charge in [0.25, 0.3) is 5.91 Å². The maximum absolute atomic E-state index is 13.8. The van der Waals surface area contributed by atoms with Crippen LogP contribution in [0.1, 0.15) is 48.2 Å². The van der Waals surface area contributed by atoms with E-state index in [0.29, 0.717) is 24.6 Å². The number of amides is 1. The molecule has 1 amide bonds. The molecule has 38 heavy (non-hydrogen) atoms. The predicted molar refractivity (Wildman–Crippen MR) is 156 cm³/mol. The van der Waals surface area contributed by atoms with Crippen LogP contribution in [0.5, 0.6) is 0 Å². The molecule has 0 bridgehead atoms. The number of nitrogens with one attached hydrogen (secondary N) is 2. The summed E-state index contributed by atoms with van der Waals surface area (Å²) in [6.45, 7) is 7.95. The van der Waals surface area contributed by atoms with Crippen LogP contribution in [-0.2, 0) is 24.1 Å². The van der Waals surface area contributed by atoms with Gasteiger partial charge in [0.2, 0.25) is 0 Å². The normalized spacial score (nSPS) is 17.8. The van der Waals surface area contributed by atoms with Crippen LogP contribution in [0.25, 0.3) is 10.9 Å². The third-order valence-electron chi connectivity index (χ3n) is 7.73. The Balaban J connectivity index is 1.41. The second-order valence-electron chi connectivity index (χ2n) is 10.2. The summed E-state index contributed by atoms with van der Waals surface area (Å²) in [5.41, 5.74) is 5.29. The van der Waals surface area contributed by atoms with Crippen LogP contribution >= 0.6 is 11.9 Å². The lowest BCUT2D eigenvalue weighted by molar-refractivity contribution is 0.0657. The van der Waals surface area contributed by atoms with Crippen LogP contribution in [-0.4, -0.2) is 65.8 Å². The average molecular weight is 537 g/mol. The van der Waals surface area contributed by atoms with Crippen LogP contribution in [0.15, 0.2) is 48.7 Å². The molecule has 3 aromatic rings. The first-order valence-electron chi connectivity index (χ1n) is 14.0. The molecule has 1 saturated heterocycles. The van der Waals surface area contributed by atoms with E-state index in [0.717, 1.165) is 68.1 Å². The highest BCUT2D eigenvalue weighted by molar-refractivity contribution is 8.00. The number of aryl methyl sites for hydroxylation is 2. The van der Waals surface area contributed by atoms with Gasteiger partial charge in [0.15, 0.2) is 0 Å². The summed E-state index contributed by atoms with van der Waals surface area (Å²) < 4.78 is 10.0. The molecule has 2 aromatic carbocycles. The zero-order chi connectivity index (χ0) is 26.5. The molecule has 0 saturated carbocycles. The summed E-state index contributed by atoms with van der Waals surface area (Å²) in [7, 11) is 0. The number of nitrogens with zero attached hydrogens (tertiary/aromatic N) is 2. The van der Waals surface area contributed by atoms with Crippen molar-refractivity contribution in [3.8, 4) is 0 Å². The van der Waals surface area contributed by atoms with Gasteiger partial charge in [-0.25, -0.2) is 0 Å². The molecule has 1 fully saturated rings. The molecule has 5 rings (SSSR count). The number of carbonyl (C=O) groups is 1. The lowest BCUT2D eigenvalue weighted by Crippen LogP contribution is -2.50. The summed E-state index contributed by atoms with van der Waals surface area (Å²) in [4.78, 5) is 13.8. The first-order chi connectivity index (χ1) is 18.6. The number of anilines is 1. The number of aliphatic hydroxyl groups is 1. The summed E-state index contributed by atoms with van der Waals surface area (Å²) >= 11 is 1.83. The Morgan fingerprint density at radius 3 is 2.68 bits per heavy atom. The molecular weight excluding hydrogens is 496 g/mol. The van der Waals surface area contributed by atoms with E-state index in [2.05, 4.69) is 39.6 Å². The van der Waals surface area contributed by atoms with Crippen LogP contribution in [0, 0.1) is 0 Å². The molecule has 3 N–H and O–H groups in total. The van der Waals surface area contributed by atoms with Crippen molar-refractivity contribution >= 4 is 34.4 Å². The first-order valence-corrected chi connectivity index (χ1v) is 14.9. The fourth-order valence-corrected chi connectivity index (χ4v) is 6.60. The number of carbonyl (C=O) groups excluding carboxylic acids is 1. The summed E-state index contributed by atoms with van der Waals surface area (Å²) in [5, 5.41) is 19.2. The molecule has 1 aromatic heterocycles. The number of benzene rings is 2. The van der Waals surface area contributed by atoms with Crippen molar-refractivity contribution in [2.45, 2.75) is 64.3 Å². The Hall–Kier alpha value is -2.52. The molecule has 2 aliphatic rings. The molecule has 0 aliphatic carbocycles. The molecule has 2 aliphatic heterocycles. The van der Waals surface area contributed by atoms with Crippen molar-refractivity contribution in [1.29, 1.82) is 0 Å². The van der Waals surface area contributed by atoms with Crippen LogP contribution < -0.4 is 14.9 Å². The Kier molecular flexibility index (Phi) is 8.94. The Bertz CT molecular complexity index is 1230. The number of hydrogen-bond donors (Lipinski definition) is 3. The van der Waals surface area contributed by atoms with Crippen molar-refractivity contribution in [3.05, 3.63) is 65.4 Å². The van der Waals surface area contributed by atoms with Crippen molar-refractivity contribution in [2.24, 2.45) is 0 Å². The highest BCUT2D eigenvalue weighted by Gasteiger charge is 2.26. The fourth-order valence-electron chi connectivity index (χ4n) is 5.60. The smallest absolute Gasteiger partial charge is 0.251 e. The van der Waals surface area contributed by atoms with Gasteiger partial charge in [0, 0.05) is 61.8 Å². The van der Waals surface area contributed by atoms with E-state index in [9.17, 15) is 9.90 Å². The Morgan fingerprint density at radius 2 is 1.95 bits per heavy atom. The van der Waals surface area contributed by atoms with Gasteiger partial charge >= 0.3 is 0 Å². The van der Waals surface area contributed by atoms with Gasteiger partial charge in [-0.1, -0.05) is 30.3 Å². The fraction of sp³-hybridized carbons (Fsp3) is 0.500. The van der Waals surface area contributed by atoms with E-state index in [1.54, 1.807) is 0 Å². The van der Waals surface area contributed by atoms with E-state index >= 15 is 0 Å². The number of ether oxygens (including phenoxy) is 1. The van der Waals surface area contributed by atoms with E-state index in [1.165, 1.54) is 10.9 Å². The number of rotatable bonds is 10.